The average Bonchev–Trinajstić information content (AvgIpc) is 3.22. The number of methoxy groups -OCH3 is 2. The molecule has 0 spiro atoms. The smallest absolute Gasteiger partial charge is 0.192 e. The molecule has 0 aromatic heterocycles. The van der Waals surface area contributed by atoms with E-state index in [0.29, 0.717) is 17.9 Å². The average molecular weight is 445 g/mol. The molecule has 5 heteroatoms. The first-order chi connectivity index (χ1) is 14.5. The summed E-state index contributed by atoms with van der Waals surface area (Å²) in [5, 5.41) is 0.151. The maximum atomic E-state index is 14.9. The molecule has 2 aromatic carbocycles. The molecule has 0 amide bonds. The first-order valence-electron chi connectivity index (χ1n) is 11.2. The van der Waals surface area contributed by atoms with Crippen molar-refractivity contribution in [3.63, 3.8) is 0 Å². The van der Waals surface area contributed by atoms with Crippen molar-refractivity contribution in [2.24, 2.45) is 0 Å². The van der Waals surface area contributed by atoms with E-state index in [1.165, 1.54) is 6.07 Å². The third-order valence-corrected chi connectivity index (χ3v) is 11.7. The molecule has 0 unspecified atom stereocenters. The lowest BCUT2D eigenvalue weighted by Crippen LogP contribution is -2.40. The van der Waals surface area contributed by atoms with Crippen LogP contribution >= 0.6 is 0 Å². The number of rotatable bonds is 7. The zero-order chi connectivity index (χ0) is 22.9. The summed E-state index contributed by atoms with van der Waals surface area (Å²) in [4.78, 5) is 0. The van der Waals surface area contributed by atoms with Gasteiger partial charge in [-0.3, -0.25) is 0 Å². The lowest BCUT2D eigenvalue weighted by atomic mass is 9.84. The highest BCUT2D eigenvalue weighted by Crippen LogP contribution is 2.46. The van der Waals surface area contributed by atoms with Crippen molar-refractivity contribution < 1.29 is 18.3 Å². The van der Waals surface area contributed by atoms with Gasteiger partial charge in [-0.25, -0.2) is 4.39 Å². The third-order valence-electron chi connectivity index (χ3n) is 7.25. The number of benzene rings is 2. The molecule has 2 aromatic rings. The van der Waals surface area contributed by atoms with Gasteiger partial charge in [0, 0.05) is 12.7 Å². The van der Waals surface area contributed by atoms with Gasteiger partial charge in [0.2, 0.25) is 0 Å². The van der Waals surface area contributed by atoms with E-state index in [2.05, 4.69) is 46.0 Å². The number of hydrogen-bond acceptors (Lipinski definition) is 3. The van der Waals surface area contributed by atoms with E-state index in [1.807, 2.05) is 6.07 Å². The molecule has 1 aliphatic rings. The Morgan fingerprint density at radius 2 is 1.65 bits per heavy atom. The fourth-order valence-electron chi connectivity index (χ4n) is 4.14. The van der Waals surface area contributed by atoms with Crippen LogP contribution in [-0.4, -0.2) is 22.5 Å². The molecule has 3 nitrogen and oxygen atoms in total. The molecule has 170 valence electrons. The SMILES string of the molecule is COc1ccc(F)c(-c2ccc(CO[Si](C)(C)C(C)(C)C)cc2C2(OC)CCCC2)c1. The molecule has 0 radical (unpaired) electrons. The molecule has 0 heterocycles. The molecule has 0 aliphatic heterocycles. The molecule has 1 fully saturated rings. The second-order valence-electron chi connectivity index (χ2n) is 10.2. The van der Waals surface area contributed by atoms with Crippen LogP contribution in [0.2, 0.25) is 18.1 Å². The summed E-state index contributed by atoms with van der Waals surface area (Å²) in [7, 11) is 1.51. The summed E-state index contributed by atoms with van der Waals surface area (Å²) < 4.78 is 32.9. The van der Waals surface area contributed by atoms with Crippen LogP contribution in [0.4, 0.5) is 4.39 Å². The van der Waals surface area contributed by atoms with Crippen molar-refractivity contribution in [2.45, 2.75) is 76.8 Å². The van der Waals surface area contributed by atoms with Crippen LogP contribution in [0.1, 0.15) is 57.6 Å². The van der Waals surface area contributed by atoms with Gasteiger partial charge in [-0.2, -0.15) is 0 Å². The van der Waals surface area contributed by atoms with Gasteiger partial charge in [0.25, 0.3) is 0 Å². The highest BCUT2D eigenvalue weighted by molar-refractivity contribution is 6.74. The van der Waals surface area contributed by atoms with Crippen LogP contribution in [0.25, 0.3) is 11.1 Å². The van der Waals surface area contributed by atoms with E-state index in [0.717, 1.165) is 42.4 Å². The normalized spacial score (nSPS) is 16.5. The number of ether oxygens (including phenoxy) is 2. The van der Waals surface area contributed by atoms with E-state index in [-0.39, 0.29) is 10.9 Å². The van der Waals surface area contributed by atoms with Crippen molar-refractivity contribution >= 4 is 8.32 Å². The Morgan fingerprint density at radius 3 is 2.23 bits per heavy atom. The summed E-state index contributed by atoms with van der Waals surface area (Å²) >= 11 is 0. The fourth-order valence-corrected chi connectivity index (χ4v) is 5.10. The van der Waals surface area contributed by atoms with Crippen molar-refractivity contribution in [1.82, 2.24) is 0 Å². The Kier molecular flexibility index (Phi) is 6.99. The van der Waals surface area contributed by atoms with E-state index in [9.17, 15) is 4.39 Å². The zero-order valence-corrected chi connectivity index (χ0v) is 21.1. The molecule has 31 heavy (non-hydrogen) atoms. The number of hydrogen-bond donors (Lipinski definition) is 0. The molecule has 3 rings (SSSR count). The summed E-state index contributed by atoms with van der Waals surface area (Å²) in [5.74, 6) is 0.391. The Labute approximate surface area is 188 Å². The molecule has 1 aliphatic carbocycles. The predicted octanol–water partition coefficient (Wildman–Crippen LogP) is 7.44. The van der Waals surface area contributed by atoms with Gasteiger partial charge in [0.1, 0.15) is 11.6 Å². The minimum absolute atomic E-state index is 0.151. The van der Waals surface area contributed by atoms with Gasteiger partial charge in [-0.1, -0.05) is 51.8 Å². The Hall–Kier alpha value is -1.69. The Morgan fingerprint density at radius 1 is 0.968 bits per heavy atom. The summed E-state index contributed by atoms with van der Waals surface area (Å²) in [5.41, 5.74) is 3.19. The monoisotopic (exact) mass is 444 g/mol. The fraction of sp³-hybridized carbons (Fsp3) is 0.538. The molecular weight excluding hydrogens is 407 g/mol. The van der Waals surface area contributed by atoms with E-state index < -0.39 is 13.9 Å². The van der Waals surface area contributed by atoms with Gasteiger partial charge >= 0.3 is 0 Å². The van der Waals surface area contributed by atoms with Gasteiger partial charge in [0.05, 0.1) is 19.3 Å². The first-order valence-corrected chi connectivity index (χ1v) is 14.1. The lowest BCUT2D eigenvalue weighted by molar-refractivity contribution is -0.00833. The van der Waals surface area contributed by atoms with Crippen LogP contribution in [-0.2, 0) is 21.4 Å². The maximum Gasteiger partial charge on any atom is 0.192 e. The van der Waals surface area contributed by atoms with Crippen LogP contribution in [0.5, 0.6) is 5.75 Å². The lowest BCUT2D eigenvalue weighted by Gasteiger charge is -2.36. The second-order valence-corrected chi connectivity index (χ2v) is 15.0. The van der Waals surface area contributed by atoms with Crippen molar-refractivity contribution in [1.29, 1.82) is 0 Å². The zero-order valence-electron chi connectivity index (χ0n) is 20.1. The van der Waals surface area contributed by atoms with Crippen LogP contribution < -0.4 is 4.74 Å². The molecular formula is C26H37FO3Si. The van der Waals surface area contributed by atoms with Crippen LogP contribution in [0.3, 0.4) is 0 Å². The standard InChI is InChI=1S/C26H37FO3Si/c1-25(2,3)31(6,7)30-18-19-10-12-21(22-17-20(28-4)11-13-24(22)27)23(16-19)26(29-5)14-8-9-15-26/h10-13,16-17H,8-9,14-15,18H2,1-7H3. The quantitative estimate of drug-likeness (QED) is 0.415. The predicted molar refractivity (Wildman–Crippen MR) is 128 cm³/mol. The molecule has 0 N–H and O–H groups in total. The summed E-state index contributed by atoms with van der Waals surface area (Å²) in [6.45, 7) is 11.8. The van der Waals surface area contributed by atoms with Crippen LogP contribution in [0, 0.1) is 5.82 Å². The summed E-state index contributed by atoms with van der Waals surface area (Å²) in [6.07, 6.45) is 4.10. The van der Waals surface area contributed by atoms with Crippen molar-refractivity contribution in [3.8, 4) is 16.9 Å². The topological polar surface area (TPSA) is 27.7 Å². The maximum absolute atomic E-state index is 14.9. The van der Waals surface area contributed by atoms with Gasteiger partial charge < -0.3 is 13.9 Å². The Balaban J connectivity index is 2.07. The molecule has 0 bridgehead atoms. The largest absolute Gasteiger partial charge is 0.497 e. The van der Waals surface area contributed by atoms with Crippen molar-refractivity contribution in [3.05, 3.63) is 53.3 Å². The van der Waals surface area contributed by atoms with Gasteiger partial charge in [-0.05, 0) is 65.9 Å². The minimum atomic E-state index is -1.87. The highest BCUT2D eigenvalue weighted by atomic mass is 28.4. The van der Waals surface area contributed by atoms with Crippen LogP contribution in [0.15, 0.2) is 36.4 Å². The van der Waals surface area contributed by atoms with E-state index in [1.54, 1.807) is 26.4 Å². The van der Waals surface area contributed by atoms with Gasteiger partial charge in [0.15, 0.2) is 8.32 Å². The Bertz CT molecular complexity index is 911. The highest BCUT2D eigenvalue weighted by Gasteiger charge is 2.39. The number of halogens is 1. The summed E-state index contributed by atoms with van der Waals surface area (Å²) in [6, 6.07) is 11.2. The molecule has 0 saturated heterocycles. The minimum Gasteiger partial charge on any atom is -0.497 e. The van der Waals surface area contributed by atoms with Gasteiger partial charge in [-0.15, -0.1) is 0 Å². The van der Waals surface area contributed by atoms with E-state index >= 15 is 0 Å². The third kappa shape index (κ3) is 4.89. The second kappa shape index (κ2) is 9.05. The first kappa shape index (κ1) is 24.0. The van der Waals surface area contributed by atoms with E-state index in [4.69, 9.17) is 13.9 Å². The van der Waals surface area contributed by atoms with Crippen molar-refractivity contribution in [2.75, 3.05) is 14.2 Å². The molecule has 0 atom stereocenters. The molecule has 1 saturated carbocycles.